The number of fused-ring (bicyclic) bond motifs is 1. The zero-order valence-electron chi connectivity index (χ0n) is 14.2. The minimum absolute atomic E-state index is 0.0848. The van der Waals surface area contributed by atoms with Crippen molar-refractivity contribution in [3.05, 3.63) is 29.3 Å². The summed E-state index contributed by atoms with van der Waals surface area (Å²) in [4.78, 5) is 41.1. The number of hydrogen-bond acceptors (Lipinski definition) is 4. The molecule has 0 aromatic heterocycles. The Morgan fingerprint density at radius 3 is 2.46 bits per heavy atom. The summed E-state index contributed by atoms with van der Waals surface area (Å²) < 4.78 is 0. The number of hydrogen-bond donors (Lipinski definition) is 1. The van der Waals surface area contributed by atoms with Gasteiger partial charge in [-0.05, 0) is 44.3 Å². The van der Waals surface area contributed by atoms with Gasteiger partial charge in [-0.3, -0.25) is 19.3 Å². The van der Waals surface area contributed by atoms with Crippen LogP contribution in [0.25, 0.3) is 0 Å². The number of anilines is 1. The normalized spacial score (nSPS) is 19.1. The average Bonchev–Trinajstić information content (AvgIpc) is 2.48. The lowest BCUT2D eigenvalue weighted by atomic mass is 9.86. The van der Waals surface area contributed by atoms with Gasteiger partial charge in [-0.1, -0.05) is 0 Å². The predicted molar refractivity (Wildman–Crippen MR) is 89.7 cm³/mol. The zero-order chi connectivity index (χ0) is 17.6. The van der Waals surface area contributed by atoms with Crippen molar-refractivity contribution in [2.24, 2.45) is 5.73 Å². The van der Waals surface area contributed by atoms with Gasteiger partial charge in [0.25, 0.3) is 5.91 Å². The van der Waals surface area contributed by atoms with Crippen LogP contribution in [0.15, 0.2) is 18.2 Å². The van der Waals surface area contributed by atoms with E-state index in [4.69, 9.17) is 5.73 Å². The van der Waals surface area contributed by atoms with Crippen LogP contribution >= 0.6 is 0 Å². The van der Waals surface area contributed by atoms with Crippen LogP contribution in [0.2, 0.25) is 0 Å². The van der Waals surface area contributed by atoms with Gasteiger partial charge < -0.3 is 15.5 Å². The van der Waals surface area contributed by atoms with Crippen LogP contribution in [-0.4, -0.2) is 67.3 Å². The molecule has 7 nitrogen and oxygen atoms in total. The first-order valence-corrected chi connectivity index (χ1v) is 7.92. The molecule has 0 unspecified atom stereocenters. The largest absolute Gasteiger partial charge is 0.368 e. The summed E-state index contributed by atoms with van der Waals surface area (Å²) in [6.07, 6.45) is 1.10. The van der Waals surface area contributed by atoms with Crippen LogP contribution in [0.4, 0.5) is 5.69 Å². The van der Waals surface area contributed by atoms with Crippen molar-refractivity contribution in [3.63, 3.8) is 0 Å². The number of primary amides is 1. The summed E-state index contributed by atoms with van der Waals surface area (Å²) in [5, 5.41) is 0. The standard InChI is InChI=1S/C17H22N4O3/c1-19(2)17(16(18)24)9-21(10-17)15(23)12-4-6-13-11(8-12)5-7-14(22)20(13)3/h4,6,8H,5,7,9-10H2,1-3H3,(H2,18,24). The van der Waals surface area contributed by atoms with Gasteiger partial charge >= 0.3 is 0 Å². The highest BCUT2D eigenvalue weighted by Crippen LogP contribution is 2.31. The van der Waals surface area contributed by atoms with Crippen molar-refractivity contribution in [1.82, 2.24) is 9.80 Å². The molecular weight excluding hydrogens is 308 g/mol. The SMILES string of the molecule is CN1C(=O)CCc2cc(C(=O)N3CC(C(N)=O)(N(C)C)C3)ccc21. The maximum absolute atomic E-state index is 12.7. The quantitative estimate of drug-likeness (QED) is 0.834. The number of benzene rings is 1. The molecule has 128 valence electrons. The second-order valence-corrected chi connectivity index (χ2v) is 6.75. The van der Waals surface area contributed by atoms with E-state index in [-0.39, 0.29) is 11.8 Å². The molecule has 2 N–H and O–H groups in total. The Kier molecular flexibility index (Phi) is 3.83. The highest BCUT2D eigenvalue weighted by molar-refractivity contribution is 6.00. The number of nitrogens with two attached hydrogens (primary N) is 1. The molecule has 2 aliphatic rings. The molecule has 3 amide bonds. The minimum atomic E-state index is -0.781. The highest BCUT2D eigenvalue weighted by Gasteiger charge is 2.51. The Bertz CT molecular complexity index is 723. The van der Waals surface area contributed by atoms with E-state index in [1.807, 2.05) is 12.1 Å². The number of carbonyl (C=O) groups is 3. The summed E-state index contributed by atoms with van der Waals surface area (Å²) in [5.74, 6) is -0.445. The number of nitrogens with zero attached hydrogens (tertiary/aromatic N) is 3. The lowest BCUT2D eigenvalue weighted by molar-refractivity contribution is -0.137. The van der Waals surface area contributed by atoms with E-state index in [0.717, 1.165) is 11.3 Å². The van der Waals surface area contributed by atoms with Crippen molar-refractivity contribution in [2.75, 3.05) is 39.1 Å². The summed E-state index contributed by atoms with van der Waals surface area (Å²) >= 11 is 0. The van der Waals surface area contributed by atoms with Crippen LogP contribution in [-0.2, 0) is 16.0 Å². The van der Waals surface area contributed by atoms with Crippen LogP contribution in [0.5, 0.6) is 0 Å². The van der Waals surface area contributed by atoms with E-state index in [1.165, 1.54) is 0 Å². The van der Waals surface area contributed by atoms with Crippen molar-refractivity contribution < 1.29 is 14.4 Å². The van der Waals surface area contributed by atoms with Crippen LogP contribution in [0.1, 0.15) is 22.3 Å². The van der Waals surface area contributed by atoms with E-state index >= 15 is 0 Å². The third-order valence-corrected chi connectivity index (χ3v) is 5.18. The number of amides is 3. The first-order chi connectivity index (χ1) is 11.3. The Morgan fingerprint density at radius 2 is 1.88 bits per heavy atom. The molecule has 24 heavy (non-hydrogen) atoms. The zero-order valence-corrected chi connectivity index (χ0v) is 14.2. The summed E-state index contributed by atoms with van der Waals surface area (Å²) in [6, 6.07) is 5.39. The van der Waals surface area contributed by atoms with Crippen LogP contribution in [0, 0.1) is 0 Å². The Labute approximate surface area is 141 Å². The fourth-order valence-electron chi connectivity index (χ4n) is 3.36. The molecule has 7 heteroatoms. The third-order valence-electron chi connectivity index (χ3n) is 5.18. The third kappa shape index (κ3) is 2.36. The highest BCUT2D eigenvalue weighted by atomic mass is 16.2. The summed E-state index contributed by atoms with van der Waals surface area (Å²) in [6.45, 7) is 0.591. The minimum Gasteiger partial charge on any atom is -0.368 e. The molecular formula is C17H22N4O3. The average molecular weight is 330 g/mol. The molecule has 2 heterocycles. The van der Waals surface area contributed by atoms with Gasteiger partial charge in [0.1, 0.15) is 5.54 Å². The van der Waals surface area contributed by atoms with Crippen LogP contribution in [0.3, 0.4) is 0 Å². The van der Waals surface area contributed by atoms with Crippen LogP contribution < -0.4 is 10.6 Å². The molecule has 2 aliphatic heterocycles. The van der Waals surface area contributed by atoms with E-state index in [9.17, 15) is 14.4 Å². The molecule has 1 aromatic carbocycles. The lowest BCUT2D eigenvalue weighted by Crippen LogP contribution is -2.75. The van der Waals surface area contributed by atoms with E-state index in [0.29, 0.717) is 31.5 Å². The number of likely N-dealkylation sites (tertiary alicyclic amines) is 1. The van der Waals surface area contributed by atoms with E-state index < -0.39 is 11.4 Å². The molecule has 0 saturated carbocycles. The molecule has 0 spiro atoms. The Hall–Kier alpha value is -2.41. The predicted octanol–water partition coefficient (Wildman–Crippen LogP) is -0.163. The van der Waals surface area contributed by atoms with Gasteiger partial charge in [0, 0.05) is 24.7 Å². The second-order valence-electron chi connectivity index (χ2n) is 6.75. The molecule has 1 aromatic rings. The molecule has 3 rings (SSSR count). The number of carbonyl (C=O) groups excluding carboxylic acids is 3. The van der Waals surface area contributed by atoms with Gasteiger partial charge in [0.15, 0.2) is 0 Å². The maximum atomic E-state index is 12.7. The molecule has 1 saturated heterocycles. The fraction of sp³-hybridized carbons (Fsp3) is 0.471. The maximum Gasteiger partial charge on any atom is 0.254 e. The molecule has 0 bridgehead atoms. The van der Waals surface area contributed by atoms with Gasteiger partial charge in [0.05, 0.1) is 13.1 Å². The van der Waals surface area contributed by atoms with Crippen molar-refractivity contribution in [2.45, 2.75) is 18.4 Å². The van der Waals surface area contributed by atoms with Crippen molar-refractivity contribution in [1.29, 1.82) is 0 Å². The first kappa shape index (κ1) is 16.4. The van der Waals surface area contributed by atoms with Gasteiger partial charge in [0.2, 0.25) is 11.8 Å². The molecule has 1 fully saturated rings. The van der Waals surface area contributed by atoms with Gasteiger partial charge in [-0.15, -0.1) is 0 Å². The topological polar surface area (TPSA) is 87.0 Å². The lowest BCUT2D eigenvalue weighted by Gasteiger charge is -2.51. The summed E-state index contributed by atoms with van der Waals surface area (Å²) in [5.41, 5.74) is 7.14. The van der Waals surface area contributed by atoms with E-state index in [2.05, 4.69) is 0 Å². The number of likely N-dealkylation sites (N-methyl/N-ethyl adjacent to an activating group) is 1. The van der Waals surface area contributed by atoms with Gasteiger partial charge in [-0.2, -0.15) is 0 Å². The number of rotatable bonds is 3. The van der Waals surface area contributed by atoms with Gasteiger partial charge in [-0.25, -0.2) is 0 Å². The number of aryl methyl sites for hydroxylation is 1. The molecule has 0 aliphatic carbocycles. The summed E-state index contributed by atoms with van der Waals surface area (Å²) in [7, 11) is 5.33. The smallest absolute Gasteiger partial charge is 0.254 e. The second kappa shape index (κ2) is 5.59. The molecule has 0 radical (unpaired) electrons. The van der Waals surface area contributed by atoms with E-state index in [1.54, 1.807) is 41.9 Å². The fourth-order valence-corrected chi connectivity index (χ4v) is 3.36. The monoisotopic (exact) mass is 330 g/mol. The van der Waals surface area contributed by atoms with Crippen molar-refractivity contribution in [3.8, 4) is 0 Å². The Morgan fingerprint density at radius 1 is 1.21 bits per heavy atom. The van der Waals surface area contributed by atoms with Crippen molar-refractivity contribution >= 4 is 23.4 Å². The molecule has 0 atom stereocenters. The Balaban J connectivity index is 1.78. The first-order valence-electron chi connectivity index (χ1n) is 7.92.